The number of aromatic nitrogens is 5. The van der Waals surface area contributed by atoms with Crippen LogP contribution in [0.3, 0.4) is 0 Å². The maximum Gasteiger partial charge on any atom is 0.347 e. The highest BCUT2D eigenvalue weighted by molar-refractivity contribution is 9.12. The number of para-hydroxylation sites is 1. The number of rotatable bonds is 9. The Morgan fingerprint density at radius 2 is 1.74 bits per heavy atom. The Balaban J connectivity index is 1.30. The Morgan fingerprint density at radius 1 is 1.00 bits per heavy atom. The number of fused-ring (bicyclic) bond motifs is 4. The molecule has 3 heterocycles. The van der Waals surface area contributed by atoms with Crippen LogP contribution in [0.5, 0.6) is 17.2 Å². The van der Waals surface area contributed by atoms with E-state index in [1.807, 2.05) is 6.08 Å². The lowest BCUT2D eigenvalue weighted by Crippen LogP contribution is -2.40. The molecule has 0 spiro atoms. The largest absolute Gasteiger partial charge is 0.493 e. The molecule has 50 heavy (non-hydrogen) atoms. The smallest absolute Gasteiger partial charge is 0.347 e. The summed E-state index contributed by atoms with van der Waals surface area (Å²) >= 11 is 3.23. The number of halogens is 1. The molecule has 15 heteroatoms. The van der Waals surface area contributed by atoms with Crippen molar-refractivity contribution in [1.82, 2.24) is 23.5 Å². The van der Waals surface area contributed by atoms with E-state index in [-0.39, 0.29) is 77.6 Å². The van der Waals surface area contributed by atoms with Crippen molar-refractivity contribution in [3.63, 3.8) is 0 Å². The number of ether oxygens (including phenoxy) is 3. The first-order valence-corrected chi connectivity index (χ1v) is 16.6. The highest BCUT2D eigenvalue weighted by atomic mass is 79.9. The number of hydrogen-bond acceptors (Lipinski definition) is 10. The topological polar surface area (TPSA) is 166 Å². The summed E-state index contributed by atoms with van der Waals surface area (Å²) < 4.78 is 21.9. The maximum absolute atomic E-state index is 14.2. The summed E-state index contributed by atoms with van der Waals surface area (Å²) in [4.78, 5) is 72.9. The van der Waals surface area contributed by atoms with Crippen molar-refractivity contribution < 1.29 is 28.9 Å². The van der Waals surface area contributed by atoms with Crippen LogP contribution in [-0.4, -0.2) is 67.6 Å². The second-order valence-corrected chi connectivity index (χ2v) is 12.9. The molecule has 0 radical (unpaired) electrons. The number of ketones is 2. The number of aryl methyl sites for hydroxylation is 2. The summed E-state index contributed by atoms with van der Waals surface area (Å²) in [6, 6.07) is 9.59. The van der Waals surface area contributed by atoms with Crippen LogP contribution in [0.25, 0.3) is 11.0 Å². The summed E-state index contributed by atoms with van der Waals surface area (Å²) in [5.41, 5.74) is 1.35. The molecular weight excluding hydrogens is 714 g/mol. The number of nitrogens with zero attached hydrogens (tertiary/aromatic N) is 5. The van der Waals surface area contributed by atoms with Gasteiger partial charge in [0.2, 0.25) is 0 Å². The molecular formula is C35H32BrN5O9. The van der Waals surface area contributed by atoms with Gasteiger partial charge in [-0.3, -0.25) is 14.4 Å². The summed E-state index contributed by atoms with van der Waals surface area (Å²) in [6.45, 7) is -0.320. The van der Waals surface area contributed by atoms with E-state index in [9.17, 15) is 29.1 Å². The van der Waals surface area contributed by atoms with E-state index in [1.165, 1.54) is 34.2 Å². The number of methoxy groups -OCH3 is 2. The van der Waals surface area contributed by atoms with Gasteiger partial charge in [0.15, 0.2) is 23.1 Å². The lowest BCUT2D eigenvalue weighted by Gasteiger charge is -2.39. The van der Waals surface area contributed by atoms with E-state index >= 15 is 0 Å². The van der Waals surface area contributed by atoms with E-state index in [2.05, 4.69) is 20.9 Å². The SMILES string of the molecule is COc1cc2nc(CCn3c(=O)n4n(c3=O)[C@@H]3CC5=C(C(=O)C=C(Br)C5=O)[C@@H](c5ccccc5OCCO)C3=CC4)c(=O)n(C)c2cc1OC. The average molecular weight is 747 g/mol. The molecule has 258 valence electrons. The highest BCUT2D eigenvalue weighted by Crippen LogP contribution is 2.51. The molecule has 0 bridgehead atoms. The molecule has 0 unspecified atom stereocenters. The number of carbonyl (C=O) groups excluding carboxylic acids is 2. The number of aliphatic hydroxyl groups is 1. The number of aliphatic hydroxyl groups excluding tert-OH is 1. The fourth-order valence-electron chi connectivity index (χ4n) is 7.17. The van der Waals surface area contributed by atoms with Gasteiger partial charge < -0.3 is 23.9 Å². The molecule has 0 fully saturated rings. The first-order valence-electron chi connectivity index (χ1n) is 15.8. The third kappa shape index (κ3) is 5.19. The molecule has 7 rings (SSSR count). The standard InChI is InChI=1S/C35H32BrN5O9/c1-38-25-17-29(49-3)28(48-2)16-23(25)37-22(33(38)45)9-10-39-34(46)40-11-8-18-24(41(40)35(39)47)14-20-31(26(43)15-21(36)32(20)44)30(18)19-6-4-5-7-27(19)50-13-12-42/h4-8,15-17,24,30,42H,9-14H2,1-3H3/t24-,30-/m1/s1. The quantitative estimate of drug-likeness (QED) is 0.198. The van der Waals surface area contributed by atoms with Crippen molar-refractivity contribution in [2.45, 2.75) is 37.9 Å². The van der Waals surface area contributed by atoms with Gasteiger partial charge in [-0.25, -0.2) is 28.5 Å². The van der Waals surface area contributed by atoms with E-state index in [4.69, 9.17) is 14.2 Å². The highest BCUT2D eigenvalue weighted by Gasteiger charge is 2.45. The fourth-order valence-corrected chi connectivity index (χ4v) is 7.62. The number of Topliss-reactive ketones (excluding diaryl/α,β-unsaturated/α-hetero) is 1. The second-order valence-electron chi connectivity index (χ2n) is 12.1. The van der Waals surface area contributed by atoms with Crippen LogP contribution in [0.1, 0.15) is 29.6 Å². The zero-order valence-corrected chi connectivity index (χ0v) is 28.9. The summed E-state index contributed by atoms with van der Waals surface area (Å²) in [6.07, 6.45) is 3.07. The van der Waals surface area contributed by atoms with E-state index in [0.29, 0.717) is 39.4 Å². The molecule has 2 aliphatic carbocycles. The zero-order chi connectivity index (χ0) is 35.4. The molecule has 2 atom stereocenters. The molecule has 4 aromatic rings. The van der Waals surface area contributed by atoms with Crippen molar-refractivity contribution in [2.24, 2.45) is 7.05 Å². The first-order chi connectivity index (χ1) is 24.1. The van der Waals surface area contributed by atoms with Crippen molar-refractivity contribution >= 4 is 38.5 Å². The van der Waals surface area contributed by atoms with Crippen molar-refractivity contribution in [1.29, 1.82) is 0 Å². The normalized spacial score (nSPS) is 18.3. The minimum absolute atomic E-state index is 0.00622. The predicted octanol–water partition coefficient (Wildman–Crippen LogP) is 2.09. The van der Waals surface area contributed by atoms with Crippen molar-refractivity contribution in [2.75, 3.05) is 27.4 Å². The minimum Gasteiger partial charge on any atom is -0.493 e. The predicted molar refractivity (Wildman–Crippen MR) is 184 cm³/mol. The van der Waals surface area contributed by atoms with Crippen LogP contribution >= 0.6 is 15.9 Å². The molecule has 1 aliphatic heterocycles. The second kappa shape index (κ2) is 12.9. The third-order valence-electron chi connectivity index (χ3n) is 9.48. The van der Waals surface area contributed by atoms with Gasteiger partial charge in [0.25, 0.3) is 5.56 Å². The molecule has 1 N–H and O–H groups in total. The van der Waals surface area contributed by atoms with Gasteiger partial charge in [0.1, 0.15) is 18.1 Å². The minimum atomic E-state index is -0.774. The van der Waals surface area contributed by atoms with Crippen molar-refractivity contribution in [3.05, 3.63) is 112 Å². The number of benzene rings is 2. The van der Waals surface area contributed by atoms with Crippen LogP contribution < -0.4 is 31.1 Å². The summed E-state index contributed by atoms with van der Waals surface area (Å²) in [7, 11) is 4.59. The Morgan fingerprint density at radius 3 is 2.48 bits per heavy atom. The molecule has 2 aromatic heterocycles. The first kappa shape index (κ1) is 33.2. The monoisotopic (exact) mass is 745 g/mol. The van der Waals surface area contributed by atoms with Gasteiger partial charge in [0.05, 0.1) is 48.9 Å². The maximum atomic E-state index is 14.2. The zero-order valence-electron chi connectivity index (χ0n) is 27.3. The summed E-state index contributed by atoms with van der Waals surface area (Å²) in [5.74, 6) is -0.192. The van der Waals surface area contributed by atoms with Crippen molar-refractivity contribution in [3.8, 4) is 17.2 Å². The average Bonchev–Trinajstić information content (AvgIpc) is 3.37. The van der Waals surface area contributed by atoms with Gasteiger partial charge in [-0.2, -0.15) is 0 Å². The van der Waals surface area contributed by atoms with E-state index in [1.54, 1.807) is 43.4 Å². The Labute approximate surface area is 292 Å². The molecule has 3 aliphatic rings. The van der Waals surface area contributed by atoms with E-state index < -0.39 is 23.3 Å². The Kier molecular flexibility index (Phi) is 8.56. The van der Waals surface area contributed by atoms with Crippen LogP contribution in [0, 0.1) is 0 Å². The molecule has 14 nitrogen and oxygen atoms in total. The van der Waals surface area contributed by atoms with Crippen LogP contribution in [0.2, 0.25) is 0 Å². The molecule has 0 amide bonds. The lowest BCUT2D eigenvalue weighted by atomic mass is 9.68. The van der Waals surface area contributed by atoms with Crippen LogP contribution in [0.4, 0.5) is 0 Å². The number of hydrogen-bond donors (Lipinski definition) is 1. The molecule has 0 saturated carbocycles. The molecule has 2 aromatic carbocycles. The van der Waals surface area contributed by atoms with Gasteiger partial charge in [-0.1, -0.05) is 24.3 Å². The Hall–Kier alpha value is -5.28. The lowest BCUT2D eigenvalue weighted by molar-refractivity contribution is -0.115. The van der Waals surface area contributed by atoms with Gasteiger partial charge >= 0.3 is 11.4 Å². The fraction of sp³-hybridized carbons (Fsp3) is 0.314. The number of allylic oxidation sites excluding steroid dienone is 6. The van der Waals surface area contributed by atoms with Gasteiger partial charge in [-0.05, 0) is 27.6 Å². The number of carbonyl (C=O) groups is 2. The van der Waals surface area contributed by atoms with Gasteiger partial charge in [-0.15, -0.1) is 0 Å². The van der Waals surface area contributed by atoms with Crippen LogP contribution in [-0.2, 0) is 36.1 Å². The van der Waals surface area contributed by atoms with Gasteiger partial charge in [0, 0.05) is 67.3 Å². The molecule has 0 saturated heterocycles. The summed E-state index contributed by atoms with van der Waals surface area (Å²) in [5, 5.41) is 9.45. The van der Waals surface area contributed by atoms with E-state index in [0.717, 1.165) is 4.57 Å². The third-order valence-corrected chi connectivity index (χ3v) is 10.1. The van der Waals surface area contributed by atoms with Crippen LogP contribution in [0.15, 0.2) is 84.1 Å². The Bertz CT molecular complexity index is 2390.